The van der Waals surface area contributed by atoms with E-state index in [1.54, 1.807) is 29.3 Å². The van der Waals surface area contributed by atoms with E-state index >= 15 is 0 Å². The molecule has 9 heteroatoms. The van der Waals surface area contributed by atoms with Crippen molar-refractivity contribution < 1.29 is 19.1 Å². The van der Waals surface area contributed by atoms with Crippen LogP contribution in [0.2, 0.25) is 10.0 Å². The summed E-state index contributed by atoms with van der Waals surface area (Å²) >= 11 is 13.2. The standard InChI is InChI=1S/C23H22Cl2N2O4S/c1-13-5-7-20(14(2)9-13)27(16(4)28)23-26-18(12-32-23)11-30-22(29)15(3)31-21-8-6-17(24)10-19(21)25/h5-10,12,15H,11H2,1-4H3. The zero-order valence-electron chi connectivity index (χ0n) is 18.0. The summed E-state index contributed by atoms with van der Waals surface area (Å²) in [5.74, 6) is -0.387. The maximum atomic E-state index is 12.3. The van der Waals surface area contributed by atoms with Crippen LogP contribution in [-0.4, -0.2) is 23.0 Å². The number of aryl methyl sites for hydroxylation is 2. The Morgan fingerprint density at radius 1 is 1.16 bits per heavy atom. The van der Waals surface area contributed by atoms with Crippen molar-refractivity contribution in [1.82, 2.24) is 4.98 Å². The summed E-state index contributed by atoms with van der Waals surface area (Å²) in [5, 5.41) is 3.03. The van der Waals surface area contributed by atoms with Gasteiger partial charge in [-0.15, -0.1) is 11.3 Å². The first-order valence-electron chi connectivity index (χ1n) is 9.76. The number of rotatable bonds is 7. The third kappa shape index (κ3) is 5.79. The Morgan fingerprint density at radius 2 is 1.91 bits per heavy atom. The summed E-state index contributed by atoms with van der Waals surface area (Å²) in [4.78, 5) is 30.7. The van der Waals surface area contributed by atoms with Crippen molar-refractivity contribution in [2.75, 3.05) is 4.90 Å². The largest absolute Gasteiger partial charge is 0.477 e. The first kappa shape index (κ1) is 24.0. The van der Waals surface area contributed by atoms with Gasteiger partial charge in [0.1, 0.15) is 12.4 Å². The van der Waals surface area contributed by atoms with Crippen LogP contribution in [0.3, 0.4) is 0 Å². The Kier molecular flexibility index (Phi) is 7.77. The summed E-state index contributed by atoms with van der Waals surface area (Å²) in [6, 6.07) is 10.6. The van der Waals surface area contributed by atoms with E-state index in [9.17, 15) is 9.59 Å². The van der Waals surface area contributed by atoms with Crippen molar-refractivity contribution in [1.29, 1.82) is 0 Å². The molecular formula is C23H22Cl2N2O4S. The maximum absolute atomic E-state index is 12.3. The summed E-state index contributed by atoms with van der Waals surface area (Å²) in [6.45, 7) is 6.95. The molecule has 0 fully saturated rings. The number of hydrogen-bond acceptors (Lipinski definition) is 6. The van der Waals surface area contributed by atoms with Crippen molar-refractivity contribution in [3.8, 4) is 5.75 Å². The highest BCUT2D eigenvalue weighted by Gasteiger charge is 2.22. The second-order valence-electron chi connectivity index (χ2n) is 7.21. The number of amides is 1. The van der Waals surface area contributed by atoms with Crippen LogP contribution in [0.15, 0.2) is 41.8 Å². The molecule has 1 aromatic heterocycles. The maximum Gasteiger partial charge on any atom is 0.347 e. The van der Waals surface area contributed by atoms with Gasteiger partial charge < -0.3 is 9.47 Å². The highest BCUT2D eigenvalue weighted by molar-refractivity contribution is 7.14. The van der Waals surface area contributed by atoms with Gasteiger partial charge in [-0.1, -0.05) is 40.9 Å². The van der Waals surface area contributed by atoms with E-state index in [0.29, 0.717) is 26.6 Å². The molecule has 32 heavy (non-hydrogen) atoms. The fourth-order valence-electron chi connectivity index (χ4n) is 3.00. The lowest BCUT2D eigenvalue weighted by Gasteiger charge is -2.20. The van der Waals surface area contributed by atoms with Crippen LogP contribution in [0.1, 0.15) is 30.7 Å². The molecule has 0 saturated carbocycles. The Morgan fingerprint density at radius 3 is 2.56 bits per heavy atom. The minimum absolute atomic E-state index is 0.0456. The van der Waals surface area contributed by atoms with Crippen LogP contribution in [0.4, 0.5) is 10.8 Å². The van der Waals surface area contributed by atoms with E-state index in [1.165, 1.54) is 24.3 Å². The second-order valence-corrected chi connectivity index (χ2v) is 8.89. The molecule has 0 spiro atoms. The third-order valence-corrected chi connectivity index (χ3v) is 5.94. The van der Waals surface area contributed by atoms with Gasteiger partial charge in [-0.25, -0.2) is 9.78 Å². The van der Waals surface area contributed by atoms with Gasteiger partial charge in [0.05, 0.1) is 16.4 Å². The molecule has 1 unspecified atom stereocenters. The average molecular weight is 493 g/mol. The monoisotopic (exact) mass is 492 g/mol. The molecule has 168 valence electrons. The molecule has 3 rings (SSSR count). The van der Waals surface area contributed by atoms with Gasteiger partial charge in [0.2, 0.25) is 5.91 Å². The van der Waals surface area contributed by atoms with Gasteiger partial charge in [0, 0.05) is 17.3 Å². The second kappa shape index (κ2) is 10.3. The minimum Gasteiger partial charge on any atom is -0.477 e. The van der Waals surface area contributed by atoms with Crippen molar-refractivity contribution >= 4 is 57.2 Å². The molecule has 0 aliphatic rings. The molecule has 0 aliphatic carbocycles. The third-order valence-electron chi connectivity index (χ3n) is 4.53. The van der Waals surface area contributed by atoms with Crippen molar-refractivity contribution in [3.63, 3.8) is 0 Å². The van der Waals surface area contributed by atoms with Gasteiger partial charge in [-0.05, 0) is 50.6 Å². The predicted molar refractivity (Wildman–Crippen MR) is 127 cm³/mol. The molecule has 1 amide bonds. The number of anilines is 2. The molecule has 0 aliphatic heterocycles. The van der Waals surface area contributed by atoms with Crippen LogP contribution in [0, 0.1) is 13.8 Å². The molecule has 1 atom stereocenters. The number of esters is 1. The van der Waals surface area contributed by atoms with Crippen molar-refractivity contribution in [3.05, 3.63) is 68.6 Å². The smallest absolute Gasteiger partial charge is 0.347 e. The molecule has 1 heterocycles. The number of nitrogens with zero attached hydrogens (tertiary/aromatic N) is 2. The lowest BCUT2D eigenvalue weighted by Crippen LogP contribution is -2.26. The summed E-state index contributed by atoms with van der Waals surface area (Å²) < 4.78 is 10.9. The van der Waals surface area contributed by atoms with E-state index in [2.05, 4.69) is 4.98 Å². The predicted octanol–water partition coefficient (Wildman–Crippen LogP) is 6.26. The molecular weight excluding hydrogens is 471 g/mol. The van der Waals surface area contributed by atoms with Crippen LogP contribution < -0.4 is 9.64 Å². The molecule has 0 saturated heterocycles. The lowest BCUT2D eigenvalue weighted by molar-refractivity contribution is -0.152. The van der Waals surface area contributed by atoms with E-state index in [4.69, 9.17) is 32.7 Å². The van der Waals surface area contributed by atoms with Gasteiger partial charge >= 0.3 is 5.97 Å². The van der Waals surface area contributed by atoms with E-state index < -0.39 is 12.1 Å². The van der Waals surface area contributed by atoms with Crippen LogP contribution in [-0.2, 0) is 20.9 Å². The van der Waals surface area contributed by atoms with E-state index in [0.717, 1.165) is 16.8 Å². The Hall–Kier alpha value is -2.61. The highest BCUT2D eigenvalue weighted by atomic mass is 35.5. The Balaban J connectivity index is 1.66. The number of aromatic nitrogens is 1. The lowest BCUT2D eigenvalue weighted by atomic mass is 10.1. The quantitative estimate of drug-likeness (QED) is 0.364. The fourth-order valence-corrected chi connectivity index (χ4v) is 4.32. The normalized spacial score (nSPS) is 11.7. The zero-order chi connectivity index (χ0) is 23.4. The number of halogens is 2. The molecule has 3 aromatic rings. The number of ether oxygens (including phenoxy) is 2. The first-order valence-corrected chi connectivity index (χ1v) is 11.4. The first-order chi connectivity index (χ1) is 15.2. The Bertz CT molecular complexity index is 1150. The van der Waals surface area contributed by atoms with Crippen molar-refractivity contribution in [2.45, 2.75) is 40.4 Å². The number of hydrogen-bond donors (Lipinski definition) is 0. The minimum atomic E-state index is -0.879. The molecule has 6 nitrogen and oxygen atoms in total. The molecule has 0 radical (unpaired) electrons. The van der Waals surface area contributed by atoms with E-state index in [1.807, 2.05) is 32.0 Å². The number of carbonyl (C=O) groups is 2. The molecule has 0 bridgehead atoms. The van der Waals surface area contributed by atoms with E-state index in [-0.39, 0.29) is 12.5 Å². The molecule has 2 aromatic carbocycles. The highest BCUT2D eigenvalue weighted by Crippen LogP contribution is 2.32. The van der Waals surface area contributed by atoms with Crippen LogP contribution in [0.25, 0.3) is 0 Å². The topological polar surface area (TPSA) is 68.7 Å². The van der Waals surface area contributed by atoms with Gasteiger partial charge in [0.25, 0.3) is 0 Å². The zero-order valence-corrected chi connectivity index (χ0v) is 20.3. The Labute approximate surface area is 200 Å². The van der Waals surface area contributed by atoms with Gasteiger partial charge in [-0.2, -0.15) is 0 Å². The number of carbonyl (C=O) groups excluding carboxylic acids is 2. The van der Waals surface area contributed by atoms with Gasteiger partial charge in [0.15, 0.2) is 11.2 Å². The molecule has 0 N–H and O–H groups in total. The summed E-state index contributed by atoms with van der Waals surface area (Å²) in [6.07, 6.45) is -0.879. The summed E-state index contributed by atoms with van der Waals surface area (Å²) in [7, 11) is 0. The van der Waals surface area contributed by atoms with Crippen molar-refractivity contribution in [2.24, 2.45) is 0 Å². The number of benzene rings is 2. The van der Waals surface area contributed by atoms with Crippen LogP contribution in [0.5, 0.6) is 5.75 Å². The fraction of sp³-hybridized carbons (Fsp3) is 0.261. The average Bonchev–Trinajstić information content (AvgIpc) is 3.18. The number of thiazole rings is 1. The summed E-state index contributed by atoms with van der Waals surface area (Å²) in [5.41, 5.74) is 3.38. The SMILES string of the molecule is CC(=O)N(c1nc(COC(=O)C(C)Oc2ccc(Cl)cc2Cl)cs1)c1ccc(C)cc1C. The van der Waals surface area contributed by atoms with Gasteiger partial charge in [-0.3, -0.25) is 9.69 Å². The van der Waals surface area contributed by atoms with Crippen LogP contribution >= 0.6 is 34.5 Å².